The normalized spacial score (nSPS) is 9.87. The van der Waals surface area contributed by atoms with Crippen LogP contribution in [0.1, 0.15) is 23.8 Å². The number of pyridine rings is 1. The van der Waals surface area contributed by atoms with Crippen molar-refractivity contribution in [3.05, 3.63) is 71.2 Å². The van der Waals surface area contributed by atoms with Crippen LogP contribution in [-0.2, 0) is 4.79 Å². The molecule has 0 fully saturated rings. The van der Waals surface area contributed by atoms with Crippen LogP contribution in [0.25, 0.3) is 17.2 Å². The second-order valence-corrected chi connectivity index (χ2v) is 6.75. The number of benzene rings is 1. The largest absolute Gasteiger partial charge is 0.458 e. The second-order valence-electron chi connectivity index (χ2n) is 6.75. The van der Waals surface area contributed by atoms with Crippen LogP contribution in [0.5, 0.6) is 0 Å². The fourth-order valence-electron chi connectivity index (χ4n) is 2.57. The van der Waals surface area contributed by atoms with E-state index < -0.39 is 0 Å². The molecule has 0 unspecified atom stereocenters. The number of carbonyl (C=O) groups is 1. The lowest BCUT2D eigenvalue weighted by molar-refractivity contribution is -0.109. The van der Waals surface area contributed by atoms with Crippen LogP contribution < -0.4 is 10.6 Å². The van der Waals surface area contributed by atoms with Crippen molar-refractivity contribution < 1.29 is 13.6 Å². The zero-order valence-electron chi connectivity index (χ0n) is 18.4. The Kier molecular flexibility index (Phi) is 8.75. The highest BCUT2D eigenvalue weighted by Gasteiger charge is 2.12. The molecule has 0 saturated heterocycles. The summed E-state index contributed by atoms with van der Waals surface area (Å²) < 4.78 is 19.4. The molecule has 2 N–H and O–H groups in total. The summed E-state index contributed by atoms with van der Waals surface area (Å²) in [5, 5.41) is 10.00. The molecule has 1 aromatic carbocycles. The van der Waals surface area contributed by atoms with E-state index in [1.807, 2.05) is 59.0 Å². The Morgan fingerprint density at radius 2 is 1.77 bits per heavy atom. The molecule has 0 aliphatic carbocycles. The Bertz CT molecular complexity index is 1080. The molecule has 4 rings (SSSR count). The number of halogens is 1. The van der Waals surface area contributed by atoms with Gasteiger partial charge >= 0.3 is 0 Å². The van der Waals surface area contributed by atoms with Gasteiger partial charge in [0.25, 0.3) is 0 Å². The van der Waals surface area contributed by atoms with Crippen molar-refractivity contribution in [1.82, 2.24) is 19.9 Å². The summed E-state index contributed by atoms with van der Waals surface area (Å²) in [6.45, 7) is 8.46. The van der Waals surface area contributed by atoms with Crippen molar-refractivity contribution in [1.29, 1.82) is 0 Å². The minimum Gasteiger partial charge on any atom is -0.458 e. The van der Waals surface area contributed by atoms with E-state index in [2.05, 4.69) is 20.7 Å². The lowest BCUT2D eigenvalue weighted by Gasteiger charge is -2.03. The van der Waals surface area contributed by atoms with Crippen LogP contribution in [0.15, 0.2) is 52.9 Å². The molecule has 164 valence electrons. The van der Waals surface area contributed by atoms with Gasteiger partial charge < -0.3 is 15.1 Å². The Labute approximate surface area is 181 Å². The summed E-state index contributed by atoms with van der Waals surface area (Å²) in [6, 6.07) is 14.2. The number of nitrogens with zero attached hydrogens (tertiary/aromatic N) is 3. The van der Waals surface area contributed by atoms with Crippen LogP contribution in [0, 0.1) is 26.6 Å². The molecule has 7 nitrogen and oxygen atoms in total. The molecule has 0 bridgehead atoms. The standard InChI is InChI=1S/C13H14N4O.C7H7F.C3H7NO/c1-8-6-11(14-3)17-12(7-8)15-13(16-17)10-5-4-9(2)18-10;1-6-2-4-7(8)5-3-6;1-2-4-3-5/h4-7,14H,1-3H3;2-5H,1H3;3H,2H2,1H3,(H,4,5). The topological polar surface area (TPSA) is 84.5 Å². The highest BCUT2D eigenvalue weighted by molar-refractivity contribution is 5.57. The van der Waals surface area contributed by atoms with Crippen molar-refractivity contribution >= 4 is 17.9 Å². The van der Waals surface area contributed by atoms with Gasteiger partial charge in [-0.25, -0.2) is 9.37 Å². The van der Waals surface area contributed by atoms with Crippen molar-refractivity contribution in [3.63, 3.8) is 0 Å². The Morgan fingerprint density at radius 1 is 1.06 bits per heavy atom. The molecule has 31 heavy (non-hydrogen) atoms. The van der Waals surface area contributed by atoms with Gasteiger partial charge in [-0.1, -0.05) is 17.7 Å². The summed E-state index contributed by atoms with van der Waals surface area (Å²) >= 11 is 0. The molecule has 0 radical (unpaired) electrons. The van der Waals surface area contributed by atoms with Gasteiger partial charge in [0.05, 0.1) is 0 Å². The molecule has 0 atom stereocenters. The minimum atomic E-state index is -0.171. The smallest absolute Gasteiger partial charge is 0.217 e. The summed E-state index contributed by atoms with van der Waals surface area (Å²) in [5.74, 6) is 2.89. The van der Waals surface area contributed by atoms with E-state index >= 15 is 0 Å². The van der Waals surface area contributed by atoms with E-state index in [4.69, 9.17) is 4.42 Å². The molecule has 3 heterocycles. The number of anilines is 1. The maximum absolute atomic E-state index is 12.1. The number of hydrogen-bond acceptors (Lipinski definition) is 5. The summed E-state index contributed by atoms with van der Waals surface area (Å²) in [5.41, 5.74) is 3.04. The van der Waals surface area contributed by atoms with Gasteiger partial charge in [0.2, 0.25) is 12.2 Å². The van der Waals surface area contributed by atoms with Gasteiger partial charge in [0.15, 0.2) is 11.4 Å². The van der Waals surface area contributed by atoms with Crippen LogP contribution in [0.2, 0.25) is 0 Å². The van der Waals surface area contributed by atoms with E-state index in [-0.39, 0.29) is 5.82 Å². The van der Waals surface area contributed by atoms with E-state index in [0.717, 1.165) is 34.9 Å². The molecule has 0 aliphatic heterocycles. The number of fused-ring (bicyclic) bond motifs is 1. The van der Waals surface area contributed by atoms with Gasteiger partial charge in [-0.15, -0.1) is 5.10 Å². The molecule has 0 saturated carbocycles. The van der Waals surface area contributed by atoms with Gasteiger partial charge in [-0.2, -0.15) is 4.52 Å². The third-order valence-corrected chi connectivity index (χ3v) is 4.10. The number of hydrogen-bond donors (Lipinski definition) is 2. The Hall–Kier alpha value is -3.68. The molecular formula is C23H28FN5O2. The van der Waals surface area contributed by atoms with Crippen molar-refractivity contribution in [3.8, 4) is 11.6 Å². The molecule has 0 aliphatic rings. The van der Waals surface area contributed by atoms with Crippen molar-refractivity contribution in [2.24, 2.45) is 0 Å². The summed E-state index contributed by atoms with van der Waals surface area (Å²) in [4.78, 5) is 13.8. The lowest BCUT2D eigenvalue weighted by Crippen LogP contribution is -2.07. The van der Waals surface area contributed by atoms with Crippen LogP contribution in [-0.4, -0.2) is 34.6 Å². The second kappa shape index (κ2) is 11.5. The minimum absolute atomic E-state index is 0.171. The number of amides is 1. The quantitative estimate of drug-likeness (QED) is 0.469. The summed E-state index contributed by atoms with van der Waals surface area (Å²) in [6.07, 6.45) is 0.681. The van der Waals surface area contributed by atoms with Crippen molar-refractivity contribution in [2.75, 3.05) is 18.9 Å². The first-order valence-corrected chi connectivity index (χ1v) is 9.89. The van der Waals surface area contributed by atoms with Gasteiger partial charge in [0, 0.05) is 13.6 Å². The van der Waals surface area contributed by atoms with E-state index in [1.54, 1.807) is 16.6 Å². The highest BCUT2D eigenvalue weighted by Crippen LogP contribution is 2.21. The average molecular weight is 426 g/mol. The van der Waals surface area contributed by atoms with Gasteiger partial charge in [-0.3, -0.25) is 4.79 Å². The average Bonchev–Trinajstić information content (AvgIpc) is 3.37. The number of aryl methyl sites for hydroxylation is 3. The maximum atomic E-state index is 12.1. The predicted molar refractivity (Wildman–Crippen MR) is 121 cm³/mol. The predicted octanol–water partition coefficient (Wildman–Crippen LogP) is 4.53. The number of carbonyl (C=O) groups excluding carboxylic acids is 1. The molecule has 8 heteroatoms. The van der Waals surface area contributed by atoms with Crippen LogP contribution in [0.3, 0.4) is 0 Å². The fraction of sp³-hybridized carbons (Fsp3) is 0.261. The zero-order valence-corrected chi connectivity index (χ0v) is 18.4. The van der Waals surface area contributed by atoms with Crippen LogP contribution in [0.4, 0.5) is 10.2 Å². The number of nitrogens with one attached hydrogen (secondary N) is 2. The lowest BCUT2D eigenvalue weighted by atomic mass is 10.2. The molecular weight excluding hydrogens is 397 g/mol. The van der Waals surface area contributed by atoms with Crippen LogP contribution >= 0.6 is 0 Å². The summed E-state index contributed by atoms with van der Waals surface area (Å²) in [7, 11) is 1.87. The van der Waals surface area contributed by atoms with Gasteiger partial charge in [-0.05, 0) is 69.7 Å². The first kappa shape index (κ1) is 23.6. The third-order valence-electron chi connectivity index (χ3n) is 4.10. The fourth-order valence-corrected chi connectivity index (χ4v) is 2.57. The first-order chi connectivity index (χ1) is 14.9. The SMILES string of the molecule is CCNC=O.CNc1cc(C)cc2nc(-c3ccc(C)o3)nn12.Cc1ccc(F)cc1. The zero-order chi connectivity index (χ0) is 22.8. The number of aromatic nitrogens is 3. The molecule has 0 spiro atoms. The molecule has 3 aromatic heterocycles. The number of furan rings is 1. The van der Waals surface area contributed by atoms with E-state index in [1.165, 1.54) is 12.1 Å². The Balaban J connectivity index is 0.000000218. The van der Waals surface area contributed by atoms with E-state index in [9.17, 15) is 9.18 Å². The molecule has 4 aromatic rings. The maximum Gasteiger partial charge on any atom is 0.217 e. The monoisotopic (exact) mass is 425 g/mol. The molecule has 1 amide bonds. The number of rotatable bonds is 4. The highest BCUT2D eigenvalue weighted by atomic mass is 19.1. The first-order valence-electron chi connectivity index (χ1n) is 9.89. The van der Waals surface area contributed by atoms with Gasteiger partial charge in [0.1, 0.15) is 17.4 Å². The Morgan fingerprint density at radius 3 is 2.26 bits per heavy atom. The van der Waals surface area contributed by atoms with E-state index in [0.29, 0.717) is 18.0 Å². The van der Waals surface area contributed by atoms with Crippen molar-refractivity contribution in [2.45, 2.75) is 27.7 Å². The third kappa shape index (κ3) is 6.95.